The largest absolute Gasteiger partial charge is 0.310 e. The molecular formula is C15H22FN. The molecule has 0 spiro atoms. The van der Waals surface area contributed by atoms with Crippen molar-refractivity contribution in [3.8, 4) is 0 Å². The summed E-state index contributed by atoms with van der Waals surface area (Å²) in [5.74, 6) is -0.155. The average molecular weight is 235 g/mol. The van der Waals surface area contributed by atoms with Crippen molar-refractivity contribution >= 4 is 0 Å². The van der Waals surface area contributed by atoms with Gasteiger partial charge in [0.25, 0.3) is 0 Å². The molecule has 0 saturated heterocycles. The third kappa shape index (κ3) is 4.31. The van der Waals surface area contributed by atoms with E-state index in [2.05, 4.69) is 18.8 Å². The number of unbranched alkanes of at least 4 members (excludes halogenated alkanes) is 1. The number of benzene rings is 1. The molecule has 0 heterocycles. The number of halogens is 1. The first-order valence-electron chi connectivity index (χ1n) is 6.29. The highest BCUT2D eigenvalue weighted by atomic mass is 19.1. The predicted octanol–water partition coefficient (Wildman–Crippen LogP) is 4.14. The van der Waals surface area contributed by atoms with Crippen molar-refractivity contribution < 1.29 is 4.39 Å². The summed E-state index contributed by atoms with van der Waals surface area (Å²) in [7, 11) is 0. The topological polar surface area (TPSA) is 12.0 Å². The van der Waals surface area contributed by atoms with E-state index in [1.54, 1.807) is 6.07 Å². The molecule has 0 aromatic heterocycles. The van der Waals surface area contributed by atoms with Gasteiger partial charge in [-0.1, -0.05) is 19.1 Å². The number of aryl methyl sites for hydroxylation is 1. The van der Waals surface area contributed by atoms with Crippen LogP contribution in [0.15, 0.2) is 30.9 Å². The van der Waals surface area contributed by atoms with E-state index in [0.29, 0.717) is 0 Å². The molecule has 0 fully saturated rings. The maximum Gasteiger partial charge on any atom is 0.123 e. The molecule has 0 aliphatic rings. The Balaban J connectivity index is 2.80. The first kappa shape index (κ1) is 13.9. The fourth-order valence-corrected chi connectivity index (χ4v) is 2.07. The quantitative estimate of drug-likeness (QED) is 0.553. The van der Waals surface area contributed by atoms with Crippen molar-refractivity contribution in [2.75, 3.05) is 6.54 Å². The summed E-state index contributed by atoms with van der Waals surface area (Å²) >= 11 is 0. The summed E-state index contributed by atoms with van der Waals surface area (Å²) in [5, 5.41) is 3.42. The van der Waals surface area contributed by atoms with Crippen molar-refractivity contribution in [1.29, 1.82) is 0 Å². The minimum atomic E-state index is -0.155. The van der Waals surface area contributed by atoms with Gasteiger partial charge in [-0.3, -0.25) is 0 Å². The zero-order valence-corrected chi connectivity index (χ0v) is 10.8. The van der Waals surface area contributed by atoms with Crippen LogP contribution in [0.2, 0.25) is 0 Å². The average Bonchev–Trinajstić information content (AvgIpc) is 2.32. The molecule has 1 unspecified atom stereocenters. The van der Waals surface area contributed by atoms with Gasteiger partial charge in [-0.2, -0.15) is 0 Å². The van der Waals surface area contributed by atoms with Crippen molar-refractivity contribution in [1.82, 2.24) is 5.32 Å². The second-order valence-corrected chi connectivity index (χ2v) is 4.33. The summed E-state index contributed by atoms with van der Waals surface area (Å²) in [6, 6.07) is 5.26. The van der Waals surface area contributed by atoms with Gasteiger partial charge in [0.2, 0.25) is 0 Å². The monoisotopic (exact) mass is 235 g/mol. The van der Waals surface area contributed by atoms with Crippen LogP contribution < -0.4 is 5.32 Å². The van der Waals surface area contributed by atoms with Gasteiger partial charge in [-0.25, -0.2) is 4.39 Å². The number of hydrogen-bond donors (Lipinski definition) is 1. The van der Waals surface area contributed by atoms with Crippen LogP contribution in [-0.4, -0.2) is 6.54 Å². The zero-order valence-electron chi connectivity index (χ0n) is 10.8. The molecule has 1 nitrogen and oxygen atoms in total. The molecule has 0 amide bonds. The van der Waals surface area contributed by atoms with E-state index in [1.165, 1.54) is 6.07 Å². The van der Waals surface area contributed by atoms with Crippen LogP contribution in [0.3, 0.4) is 0 Å². The Morgan fingerprint density at radius 1 is 1.47 bits per heavy atom. The van der Waals surface area contributed by atoms with E-state index < -0.39 is 0 Å². The zero-order chi connectivity index (χ0) is 12.7. The first-order valence-corrected chi connectivity index (χ1v) is 6.29. The minimum Gasteiger partial charge on any atom is -0.310 e. The lowest BCUT2D eigenvalue weighted by Gasteiger charge is -2.20. The molecule has 1 N–H and O–H groups in total. The fourth-order valence-electron chi connectivity index (χ4n) is 2.07. The highest BCUT2D eigenvalue weighted by Crippen LogP contribution is 2.23. The normalized spacial score (nSPS) is 12.4. The Kier molecular flexibility index (Phi) is 5.92. The maximum atomic E-state index is 13.3. The van der Waals surface area contributed by atoms with Gasteiger partial charge in [0.1, 0.15) is 5.82 Å². The Bertz CT molecular complexity index is 360. The van der Waals surface area contributed by atoms with E-state index in [4.69, 9.17) is 0 Å². The molecule has 94 valence electrons. The number of allylic oxidation sites excluding steroid dienone is 1. The van der Waals surface area contributed by atoms with Crippen LogP contribution in [0.5, 0.6) is 0 Å². The Hall–Kier alpha value is -1.15. The molecule has 0 aliphatic heterocycles. The van der Waals surface area contributed by atoms with Crippen molar-refractivity contribution in [2.24, 2.45) is 0 Å². The third-order valence-electron chi connectivity index (χ3n) is 2.97. The van der Waals surface area contributed by atoms with Gasteiger partial charge < -0.3 is 5.32 Å². The van der Waals surface area contributed by atoms with E-state index in [1.807, 2.05) is 19.1 Å². The lowest BCUT2D eigenvalue weighted by Crippen LogP contribution is -2.21. The molecule has 2 heteroatoms. The molecular weight excluding hydrogens is 213 g/mol. The van der Waals surface area contributed by atoms with Gasteiger partial charge in [0, 0.05) is 6.04 Å². The predicted molar refractivity (Wildman–Crippen MR) is 71.6 cm³/mol. The second kappa shape index (κ2) is 7.23. The van der Waals surface area contributed by atoms with Crippen LogP contribution in [0, 0.1) is 12.7 Å². The van der Waals surface area contributed by atoms with Gasteiger partial charge in [0.15, 0.2) is 0 Å². The molecule has 0 radical (unpaired) electrons. The summed E-state index contributed by atoms with van der Waals surface area (Å²) in [4.78, 5) is 0. The fraction of sp³-hybridized carbons (Fsp3) is 0.467. The van der Waals surface area contributed by atoms with Crippen molar-refractivity contribution in [3.05, 3.63) is 47.8 Å². The highest BCUT2D eigenvalue weighted by molar-refractivity contribution is 5.29. The molecule has 0 saturated carbocycles. The van der Waals surface area contributed by atoms with Crippen molar-refractivity contribution in [3.63, 3.8) is 0 Å². The molecule has 1 atom stereocenters. The Morgan fingerprint density at radius 3 is 2.88 bits per heavy atom. The molecule has 1 aromatic rings. The lowest BCUT2D eigenvalue weighted by molar-refractivity contribution is 0.494. The third-order valence-corrected chi connectivity index (χ3v) is 2.97. The number of rotatable bonds is 7. The standard InChI is InChI=1S/C15H22FN/c1-4-6-7-8-15(17-5-2)14-11-13(16)10-9-12(14)3/h4,9-11,15,17H,1,5-8H2,2-3H3. The molecule has 0 bridgehead atoms. The van der Waals surface area contributed by atoms with Gasteiger partial charge in [0.05, 0.1) is 0 Å². The smallest absolute Gasteiger partial charge is 0.123 e. The minimum absolute atomic E-state index is 0.155. The molecule has 0 aliphatic carbocycles. The summed E-state index contributed by atoms with van der Waals surface area (Å²) in [6.07, 6.45) is 5.04. The molecule has 17 heavy (non-hydrogen) atoms. The maximum absolute atomic E-state index is 13.3. The first-order chi connectivity index (χ1) is 8.19. The van der Waals surface area contributed by atoms with Gasteiger partial charge >= 0.3 is 0 Å². The van der Waals surface area contributed by atoms with Crippen LogP contribution in [0.1, 0.15) is 43.4 Å². The second-order valence-electron chi connectivity index (χ2n) is 4.33. The van der Waals surface area contributed by atoms with Crippen molar-refractivity contribution in [2.45, 2.75) is 39.2 Å². The number of nitrogens with one attached hydrogen (secondary N) is 1. The van der Waals surface area contributed by atoms with E-state index in [0.717, 1.165) is 36.9 Å². The highest BCUT2D eigenvalue weighted by Gasteiger charge is 2.12. The summed E-state index contributed by atoms with van der Waals surface area (Å²) in [6.45, 7) is 8.74. The van der Waals surface area contributed by atoms with Crippen LogP contribution in [-0.2, 0) is 0 Å². The lowest BCUT2D eigenvalue weighted by atomic mass is 9.96. The van der Waals surface area contributed by atoms with Crippen LogP contribution >= 0.6 is 0 Å². The van der Waals surface area contributed by atoms with E-state index >= 15 is 0 Å². The van der Waals surface area contributed by atoms with E-state index in [9.17, 15) is 4.39 Å². The number of hydrogen-bond acceptors (Lipinski definition) is 1. The molecule has 1 rings (SSSR count). The summed E-state index contributed by atoms with van der Waals surface area (Å²) in [5.41, 5.74) is 2.23. The molecule has 1 aromatic carbocycles. The Morgan fingerprint density at radius 2 is 2.24 bits per heavy atom. The Labute approximate surface area is 104 Å². The SMILES string of the molecule is C=CCCCC(NCC)c1cc(F)ccc1C. The van der Waals surface area contributed by atoms with Gasteiger partial charge in [-0.15, -0.1) is 6.58 Å². The van der Waals surface area contributed by atoms with Crippen LogP contribution in [0.25, 0.3) is 0 Å². The van der Waals surface area contributed by atoms with Gasteiger partial charge in [-0.05, 0) is 56.0 Å². The van der Waals surface area contributed by atoms with E-state index in [-0.39, 0.29) is 11.9 Å². The summed E-state index contributed by atoms with van der Waals surface area (Å²) < 4.78 is 13.3. The van der Waals surface area contributed by atoms with Crippen LogP contribution in [0.4, 0.5) is 4.39 Å².